The Labute approximate surface area is 182 Å². The predicted octanol–water partition coefficient (Wildman–Crippen LogP) is 3.65. The molecular weight excluding hydrogens is 394 g/mol. The van der Waals surface area contributed by atoms with Crippen molar-refractivity contribution < 1.29 is 4.79 Å². The maximum atomic E-state index is 13.1. The third-order valence-electron chi connectivity index (χ3n) is 5.55. The molecule has 4 rings (SSSR count). The van der Waals surface area contributed by atoms with Crippen molar-refractivity contribution >= 4 is 18.1 Å². The average molecular weight is 422 g/mol. The van der Waals surface area contributed by atoms with Crippen LogP contribution in [0.3, 0.4) is 0 Å². The highest BCUT2D eigenvalue weighted by Crippen LogP contribution is 2.18. The summed E-state index contributed by atoms with van der Waals surface area (Å²) in [6.45, 7) is 6.56. The summed E-state index contributed by atoms with van der Waals surface area (Å²) < 4.78 is 2.27. The number of benzene rings is 2. The Morgan fingerprint density at radius 3 is 2.57 bits per heavy atom. The van der Waals surface area contributed by atoms with E-state index in [9.17, 15) is 4.79 Å². The molecule has 156 valence electrons. The van der Waals surface area contributed by atoms with E-state index in [1.165, 1.54) is 11.1 Å². The summed E-state index contributed by atoms with van der Waals surface area (Å²) in [5.41, 5.74) is 3.44. The first-order valence-corrected chi connectivity index (χ1v) is 10.8. The number of carbonyl (C=O) groups excluding carboxylic acids is 1. The molecule has 0 saturated carbocycles. The summed E-state index contributed by atoms with van der Waals surface area (Å²) in [6, 6.07) is 18.6. The van der Waals surface area contributed by atoms with Gasteiger partial charge in [-0.15, -0.1) is 0 Å². The minimum absolute atomic E-state index is 0.0856. The van der Waals surface area contributed by atoms with Crippen molar-refractivity contribution in [1.82, 2.24) is 24.6 Å². The van der Waals surface area contributed by atoms with Crippen LogP contribution in [0.25, 0.3) is 11.4 Å². The van der Waals surface area contributed by atoms with Crippen molar-refractivity contribution in [2.45, 2.75) is 26.4 Å². The van der Waals surface area contributed by atoms with Gasteiger partial charge in [-0.1, -0.05) is 60.2 Å². The fourth-order valence-electron chi connectivity index (χ4n) is 3.84. The van der Waals surface area contributed by atoms with Gasteiger partial charge in [0.2, 0.25) is 5.91 Å². The molecule has 0 radical (unpaired) electrons. The molecule has 1 aromatic heterocycles. The van der Waals surface area contributed by atoms with Crippen LogP contribution in [-0.2, 0) is 17.9 Å². The number of amides is 1. The minimum atomic E-state index is 0.0856. The summed E-state index contributed by atoms with van der Waals surface area (Å²) in [4.78, 5) is 17.4. The number of aromatic amines is 1. The van der Waals surface area contributed by atoms with Gasteiger partial charge < -0.3 is 4.90 Å². The molecule has 1 saturated heterocycles. The summed E-state index contributed by atoms with van der Waals surface area (Å²) in [6.07, 6.45) is 0.972. The molecule has 0 bridgehead atoms. The van der Waals surface area contributed by atoms with Crippen molar-refractivity contribution in [2.24, 2.45) is 0 Å². The zero-order valence-electron chi connectivity index (χ0n) is 17.3. The van der Waals surface area contributed by atoms with Crippen molar-refractivity contribution in [2.75, 3.05) is 26.2 Å². The van der Waals surface area contributed by atoms with Crippen LogP contribution in [0.1, 0.15) is 17.5 Å². The second-order valence-corrected chi connectivity index (χ2v) is 8.19. The first-order valence-electron chi connectivity index (χ1n) is 10.4. The van der Waals surface area contributed by atoms with E-state index in [1.807, 2.05) is 42.2 Å². The van der Waals surface area contributed by atoms with Crippen LogP contribution >= 0.6 is 12.2 Å². The highest BCUT2D eigenvalue weighted by Gasteiger charge is 2.21. The van der Waals surface area contributed by atoms with Crippen LogP contribution in [0.5, 0.6) is 0 Å². The number of rotatable bonds is 5. The molecule has 1 N–H and O–H groups in total. The molecule has 2 aromatic carbocycles. The van der Waals surface area contributed by atoms with Gasteiger partial charge in [0.1, 0.15) is 6.54 Å². The molecule has 1 fully saturated rings. The standard InChI is InChI=1S/C23H27N5OS/c1-18-8-10-20(11-9-18)22-24-25-23(30)28(22)17-21(29)27-13-5-12-26(14-15-27)16-19-6-3-2-4-7-19/h2-4,6-11H,5,12-17H2,1H3,(H,25,30). The van der Waals surface area contributed by atoms with Crippen LogP contribution < -0.4 is 0 Å². The smallest absolute Gasteiger partial charge is 0.242 e. The summed E-state index contributed by atoms with van der Waals surface area (Å²) in [5, 5.41) is 7.20. The molecule has 7 heteroatoms. The van der Waals surface area contributed by atoms with Gasteiger partial charge in [-0.2, -0.15) is 5.10 Å². The van der Waals surface area contributed by atoms with Gasteiger partial charge in [0.15, 0.2) is 10.6 Å². The highest BCUT2D eigenvalue weighted by molar-refractivity contribution is 7.71. The molecule has 1 aliphatic heterocycles. The van der Waals surface area contributed by atoms with Crippen LogP contribution in [0, 0.1) is 11.7 Å². The first-order chi connectivity index (χ1) is 14.6. The van der Waals surface area contributed by atoms with Gasteiger partial charge in [-0.05, 0) is 31.1 Å². The Morgan fingerprint density at radius 1 is 1.03 bits per heavy atom. The molecule has 6 nitrogen and oxygen atoms in total. The number of nitrogens with one attached hydrogen (secondary N) is 1. The van der Waals surface area contributed by atoms with Crippen LogP contribution in [0.4, 0.5) is 0 Å². The van der Waals surface area contributed by atoms with E-state index in [-0.39, 0.29) is 12.5 Å². The van der Waals surface area contributed by atoms with Crippen LogP contribution in [0.2, 0.25) is 0 Å². The van der Waals surface area contributed by atoms with Crippen molar-refractivity contribution in [3.8, 4) is 11.4 Å². The Balaban J connectivity index is 1.41. The van der Waals surface area contributed by atoms with Crippen molar-refractivity contribution in [3.05, 3.63) is 70.5 Å². The SMILES string of the molecule is Cc1ccc(-c2n[nH]c(=S)n2CC(=O)N2CCCN(Cc3ccccc3)CC2)cc1. The average Bonchev–Trinajstić information content (AvgIpc) is 2.96. The second kappa shape index (κ2) is 9.36. The van der Waals surface area contributed by atoms with Gasteiger partial charge in [-0.25, -0.2) is 0 Å². The van der Waals surface area contributed by atoms with Crippen LogP contribution in [-0.4, -0.2) is 56.7 Å². The second-order valence-electron chi connectivity index (χ2n) is 7.80. The number of aromatic nitrogens is 3. The number of nitrogens with zero attached hydrogens (tertiary/aromatic N) is 4. The molecule has 2 heterocycles. The van der Waals surface area contributed by atoms with E-state index in [4.69, 9.17) is 12.2 Å². The van der Waals surface area contributed by atoms with Gasteiger partial charge >= 0.3 is 0 Å². The first kappa shape index (κ1) is 20.5. The van der Waals surface area contributed by atoms with E-state index < -0.39 is 0 Å². The van der Waals surface area contributed by atoms with E-state index in [1.54, 1.807) is 4.57 Å². The number of aryl methyl sites for hydroxylation is 1. The van der Waals surface area contributed by atoms with E-state index in [2.05, 4.69) is 39.4 Å². The molecule has 3 aromatic rings. The molecule has 30 heavy (non-hydrogen) atoms. The third kappa shape index (κ3) is 4.86. The lowest BCUT2D eigenvalue weighted by molar-refractivity contribution is -0.131. The van der Waals surface area contributed by atoms with Gasteiger partial charge in [0.05, 0.1) is 0 Å². The Kier molecular flexibility index (Phi) is 6.40. The zero-order valence-corrected chi connectivity index (χ0v) is 18.1. The lowest BCUT2D eigenvalue weighted by Gasteiger charge is -2.22. The topological polar surface area (TPSA) is 57.2 Å². The van der Waals surface area contributed by atoms with Crippen LogP contribution in [0.15, 0.2) is 54.6 Å². The number of carbonyl (C=O) groups is 1. The lowest BCUT2D eigenvalue weighted by atomic mass is 10.1. The van der Waals surface area contributed by atoms with Gasteiger partial charge in [0, 0.05) is 38.3 Å². The number of hydrogen-bond acceptors (Lipinski definition) is 4. The quantitative estimate of drug-likeness (QED) is 0.639. The number of H-pyrrole nitrogens is 1. The molecule has 0 unspecified atom stereocenters. The number of hydrogen-bond donors (Lipinski definition) is 1. The molecule has 1 aliphatic rings. The molecule has 1 amide bonds. The third-order valence-corrected chi connectivity index (χ3v) is 5.86. The molecule has 0 atom stereocenters. The largest absolute Gasteiger partial charge is 0.340 e. The van der Waals surface area contributed by atoms with Gasteiger partial charge in [-0.3, -0.25) is 19.4 Å². The Bertz CT molecular complexity index is 1040. The van der Waals surface area contributed by atoms with Crippen molar-refractivity contribution in [3.63, 3.8) is 0 Å². The van der Waals surface area contributed by atoms with E-state index in [0.717, 1.165) is 44.7 Å². The van der Waals surface area contributed by atoms with E-state index >= 15 is 0 Å². The maximum Gasteiger partial charge on any atom is 0.242 e. The van der Waals surface area contributed by atoms with Crippen molar-refractivity contribution in [1.29, 1.82) is 0 Å². The van der Waals surface area contributed by atoms with E-state index in [0.29, 0.717) is 10.6 Å². The molecule has 0 aliphatic carbocycles. The minimum Gasteiger partial charge on any atom is -0.340 e. The zero-order chi connectivity index (χ0) is 20.9. The Hall–Kier alpha value is -2.77. The fourth-order valence-corrected chi connectivity index (χ4v) is 4.04. The Morgan fingerprint density at radius 2 is 1.80 bits per heavy atom. The lowest BCUT2D eigenvalue weighted by Crippen LogP contribution is -2.37. The highest BCUT2D eigenvalue weighted by atomic mass is 32.1. The molecule has 0 spiro atoms. The monoisotopic (exact) mass is 421 g/mol. The molecular formula is C23H27N5OS. The maximum absolute atomic E-state index is 13.1. The van der Waals surface area contributed by atoms with Gasteiger partial charge in [0.25, 0.3) is 0 Å². The fraction of sp³-hybridized carbons (Fsp3) is 0.348. The summed E-state index contributed by atoms with van der Waals surface area (Å²) in [5.74, 6) is 0.788. The summed E-state index contributed by atoms with van der Waals surface area (Å²) in [7, 11) is 0. The normalized spacial score (nSPS) is 15.2. The summed E-state index contributed by atoms with van der Waals surface area (Å²) >= 11 is 5.40. The predicted molar refractivity (Wildman–Crippen MR) is 121 cm³/mol.